The van der Waals surface area contributed by atoms with Crippen molar-refractivity contribution in [3.05, 3.63) is 72.1 Å². The third kappa shape index (κ3) is 1.63. The van der Waals surface area contributed by atoms with Gasteiger partial charge in [-0.25, -0.2) is 0 Å². The summed E-state index contributed by atoms with van der Waals surface area (Å²) in [6, 6.07) is 16.8. The monoisotopic (exact) mass is 285 g/mol. The van der Waals surface area contributed by atoms with Gasteiger partial charge < -0.3 is 0 Å². The van der Waals surface area contributed by atoms with Crippen molar-refractivity contribution >= 4 is 22.4 Å². The number of amides is 1. The van der Waals surface area contributed by atoms with Crippen LogP contribution >= 0.6 is 0 Å². The fourth-order valence-corrected chi connectivity index (χ4v) is 3.02. The Kier molecular flexibility index (Phi) is 2.67. The third-order valence-electron chi connectivity index (χ3n) is 3.99. The van der Waals surface area contributed by atoms with Crippen molar-refractivity contribution in [1.29, 1.82) is 5.26 Å². The number of rotatable bonds is 1. The van der Waals surface area contributed by atoms with E-state index in [1.165, 1.54) is 4.90 Å². The quantitative estimate of drug-likeness (QED) is 0.688. The van der Waals surface area contributed by atoms with Gasteiger partial charge >= 0.3 is 0 Å². The second-order valence-electron chi connectivity index (χ2n) is 5.17. The van der Waals surface area contributed by atoms with Crippen LogP contribution in [0.1, 0.15) is 22.0 Å². The molecule has 3 aromatic rings. The van der Waals surface area contributed by atoms with Gasteiger partial charge in [-0.05, 0) is 22.9 Å². The molecule has 2 heterocycles. The van der Waals surface area contributed by atoms with Crippen LogP contribution in [0.15, 0.2) is 60.9 Å². The minimum absolute atomic E-state index is 0.147. The summed E-state index contributed by atoms with van der Waals surface area (Å²) in [5, 5.41) is 11.5. The molecule has 2 aromatic carbocycles. The molecular formula is C18H11N3O. The van der Waals surface area contributed by atoms with Gasteiger partial charge in [-0.2, -0.15) is 5.26 Å². The Morgan fingerprint density at radius 1 is 1.09 bits per heavy atom. The summed E-state index contributed by atoms with van der Waals surface area (Å²) in [5.74, 6) is -0.147. The van der Waals surface area contributed by atoms with Crippen molar-refractivity contribution in [2.45, 2.75) is 6.04 Å². The summed E-state index contributed by atoms with van der Waals surface area (Å²) >= 11 is 0. The molecule has 1 aliphatic heterocycles. The van der Waals surface area contributed by atoms with Crippen LogP contribution in [0, 0.1) is 11.3 Å². The first kappa shape index (κ1) is 12.5. The van der Waals surface area contributed by atoms with Crippen molar-refractivity contribution in [2.24, 2.45) is 0 Å². The zero-order valence-corrected chi connectivity index (χ0v) is 11.6. The molecule has 0 radical (unpaired) electrons. The van der Waals surface area contributed by atoms with Crippen LogP contribution in [0.25, 0.3) is 10.8 Å². The van der Waals surface area contributed by atoms with E-state index < -0.39 is 6.04 Å². The lowest BCUT2D eigenvalue weighted by Crippen LogP contribution is -2.27. The molecule has 0 N–H and O–H groups in total. The highest BCUT2D eigenvalue weighted by Gasteiger charge is 2.39. The van der Waals surface area contributed by atoms with Crippen LogP contribution in [0.2, 0.25) is 0 Å². The van der Waals surface area contributed by atoms with Crippen LogP contribution in [-0.2, 0) is 0 Å². The molecule has 104 valence electrons. The van der Waals surface area contributed by atoms with Crippen LogP contribution in [-0.4, -0.2) is 10.9 Å². The Labute approximate surface area is 127 Å². The average molecular weight is 285 g/mol. The number of pyridine rings is 1. The Balaban J connectivity index is 1.98. The first-order valence-corrected chi connectivity index (χ1v) is 6.96. The topological polar surface area (TPSA) is 57.0 Å². The number of fused-ring (bicyclic) bond motifs is 3. The van der Waals surface area contributed by atoms with Crippen molar-refractivity contribution in [2.75, 3.05) is 4.90 Å². The minimum Gasteiger partial charge on any atom is -0.286 e. The van der Waals surface area contributed by atoms with E-state index in [2.05, 4.69) is 11.1 Å². The molecule has 1 unspecified atom stereocenters. The van der Waals surface area contributed by atoms with Crippen molar-refractivity contribution < 1.29 is 4.79 Å². The lowest BCUT2D eigenvalue weighted by atomic mass is 9.98. The van der Waals surface area contributed by atoms with Gasteiger partial charge in [0, 0.05) is 11.8 Å². The van der Waals surface area contributed by atoms with Crippen molar-refractivity contribution in [3.63, 3.8) is 0 Å². The standard InChI is InChI=1S/C18H11N3O/c19-10-16-15-8-7-12-4-1-2-6-14(12)17(15)18(22)21(16)13-5-3-9-20-11-13/h1-9,11,16H. The van der Waals surface area contributed by atoms with E-state index in [0.29, 0.717) is 11.3 Å². The Hall–Kier alpha value is -3.19. The van der Waals surface area contributed by atoms with Crippen LogP contribution in [0.4, 0.5) is 5.69 Å². The van der Waals surface area contributed by atoms with Crippen molar-refractivity contribution in [1.82, 2.24) is 4.98 Å². The molecule has 1 amide bonds. The summed E-state index contributed by atoms with van der Waals surface area (Å²) in [6.45, 7) is 0. The first-order valence-electron chi connectivity index (χ1n) is 6.96. The number of carbonyl (C=O) groups is 1. The summed E-state index contributed by atoms with van der Waals surface area (Å²) in [4.78, 5) is 18.5. The number of benzene rings is 2. The first-order chi connectivity index (χ1) is 10.8. The van der Waals surface area contributed by atoms with Gasteiger partial charge in [0.25, 0.3) is 5.91 Å². The highest BCUT2D eigenvalue weighted by atomic mass is 16.2. The average Bonchev–Trinajstić information content (AvgIpc) is 2.88. The molecule has 0 saturated heterocycles. The molecule has 0 fully saturated rings. The summed E-state index contributed by atoms with van der Waals surface area (Å²) in [6.07, 6.45) is 3.25. The lowest BCUT2D eigenvalue weighted by molar-refractivity contribution is 0.0995. The number of hydrogen-bond acceptors (Lipinski definition) is 3. The predicted molar refractivity (Wildman–Crippen MR) is 83.3 cm³/mol. The number of anilines is 1. The molecular weight excluding hydrogens is 274 g/mol. The molecule has 22 heavy (non-hydrogen) atoms. The van der Waals surface area contributed by atoms with E-state index in [4.69, 9.17) is 0 Å². The minimum atomic E-state index is -0.615. The predicted octanol–water partition coefficient (Wildman–Crippen LogP) is 3.46. The summed E-state index contributed by atoms with van der Waals surface area (Å²) in [7, 11) is 0. The summed E-state index contributed by atoms with van der Waals surface area (Å²) < 4.78 is 0. The molecule has 0 aliphatic carbocycles. The largest absolute Gasteiger partial charge is 0.286 e. The second-order valence-corrected chi connectivity index (χ2v) is 5.17. The number of hydrogen-bond donors (Lipinski definition) is 0. The van der Waals surface area contributed by atoms with E-state index in [0.717, 1.165) is 16.3 Å². The zero-order chi connectivity index (χ0) is 15.1. The maximum Gasteiger partial charge on any atom is 0.260 e. The van der Waals surface area contributed by atoms with Crippen molar-refractivity contribution in [3.8, 4) is 6.07 Å². The van der Waals surface area contributed by atoms with E-state index >= 15 is 0 Å². The highest BCUT2D eigenvalue weighted by molar-refractivity contribution is 6.18. The lowest BCUT2D eigenvalue weighted by Gasteiger charge is -2.19. The van der Waals surface area contributed by atoms with E-state index in [9.17, 15) is 10.1 Å². The van der Waals surface area contributed by atoms with Gasteiger partial charge in [0.15, 0.2) is 6.04 Å². The van der Waals surface area contributed by atoms with Gasteiger partial charge in [-0.3, -0.25) is 14.7 Å². The molecule has 1 aliphatic rings. The summed E-state index contributed by atoms with van der Waals surface area (Å²) in [5.41, 5.74) is 2.02. The zero-order valence-electron chi connectivity index (χ0n) is 11.6. The maximum atomic E-state index is 12.9. The van der Waals surface area contributed by atoms with Crippen LogP contribution < -0.4 is 4.90 Å². The second kappa shape index (κ2) is 4.68. The Bertz CT molecular complexity index is 928. The highest BCUT2D eigenvalue weighted by Crippen LogP contribution is 2.39. The van der Waals surface area contributed by atoms with Gasteiger partial charge in [-0.15, -0.1) is 0 Å². The number of carbonyl (C=O) groups excluding carboxylic acids is 1. The normalized spacial score (nSPS) is 16.6. The van der Waals surface area contributed by atoms with Gasteiger partial charge in [-0.1, -0.05) is 36.4 Å². The number of nitrogens with zero attached hydrogens (tertiary/aromatic N) is 3. The SMILES string of the molecule is N#CC1c2ccc3ccccc3c2C(=O)N1c1cccnc1. The number of aromatic nitrogens is 1. The van der Waals surface area contributed by atoms with E-state index in [1.807, 2.05) is 36.4 Å². The van der Waals surface area contributed by atoms with Gasteiger partial charge in [0.2, 0.25) is 0 Å². The molecule has 4 heteroatoms. The Morgan fingerprint density at radius 2 is 1.95 bits per heavy atom. The maximum absolute atomic E-state index is 12.9. The molecule has 4 nitrogen and oxygen atoms in total. The molecule has 0 spiro atoms. The molecule has 1 aromatic heterocycles. The van der Waals surface area contributed by atoms with E-state index in [-0.39, 0.29) is 5.91 Å². The van der Waals surface area contributed by atoms with Gasteiger partial charge in [0.1, 0.15) is 0 Å². The fraction of sp³-hybridized carbons (Fsp3) is 0.0556. The molecule has 4 rings (SSSR count). The van der Waals surface area contributed by atoms with Crippen LogP contribution in [0.3, 0.4) is 0 Å². The number of nitriles is 1. The van der Waals surface area contributed by atoms with Gasteiger partial charge in [0.05, 0.1) is 23.5 Å². The molecule has 0 bridgehead atoms. The third-order valence-corrected chi connectivity index (χ3v) is 3.99. The molecule has 0 saturated carbocycles. The van der Waals surface area contributed by atoms with Crippen LogP contribution in [0.5, 0.6) is 0 Å². The Morgan fingerprint density at radius 3 is 2.73 bits per heavy atom. The van der Waals surface area contributed by atoms with E-state index in [1.54, 1.807) is 24.5 Å². The smallest absolute Gasteiger partial charge is 0.260 e. The fourth-order valence-electron chi connectivity index (χ4n) is 3.02. The molecule has 1 atom stereocenters.